The molecule has 0 aliphatic heterocycles. The summed E-state index contributed by atoms with van der Waals surface area (Å²) in [5, 5.41) is 11.8. The molecule has 0 atom stereocenters. The molecule has 2 nitrogen and oxygen atoms in total. The standard InChI is InChI=1S/C10H7BrClNO/c11-5-6-4-8(12)7-2-1-3-13-9(7)10(6)14/h1-4,14H,5H2. The number of phenols is 1. The van der Waals surface area contributed by atoms with Gasteiger partial charge >= 0.3 is 0 Å². The van der Waals surface area contributed by atoms with E-state index in [2.05, 4.69) is 20.9 Å². The van der Waals surface area contributed by atoms with Crippen LogP contribution in [0.3, 0.4) is 0 Å². The largest absolute Gasteiger partial charge is 0.505 e. The minimum Gasteiger partial charge on any atom is -0.505 e. The van der Waals surface area contributed by atoms with Gasteiger partial charge in [-0.3, -0.25) is 4.98 Å². The van der Waals surface area contributed by atoms with Crippen LogP contribution in [0, 0.1) is 0 Å². The summed E-state index contributed by atoms with van der Waals surface area (Å²) < 4.78 is 0. The van der Waals surface area contributed by atoms with Gasteiger partial charge in [-0.1, -0.05) is 27.5 Å². The van der Waals surface area contributed by atoms with E-state index in [1.54, 1.807) is 18.3 Å². The molecule has 0 saturated heterocycles. The van der Waals surface area contributed by atoms with Crippen LogP contribution in [0.2, 0.25) is 5.02 Å². The van der Waals surface area contributed by atoms with Crippen LogP contribution in [0.4, 0.5) is 0 Å². The van der Waals surface area contributed by atoms with Gasteiger partial charge in [-0.15, -0.1) is 0 Å². The second-order valence-corrected chi connectivity index (χ2v) is 3.87. The SMILES string of the molecule is Oc1c(CBr)cc(Cl)c2cccnc12. The predicted octanol–water partition coefficient (Wildman–Crippen LogP) is 3.49. The van der Waals surface area contributed by atoms with Crippen molar-refractivity contribution < 1.29 is 5.11 Å². The van der Waals surface area contributed by atoms with Crippen molar-refractivity contribution in [3.8, 4) is 5.75 Å². The first-order valence-corrected chi connectivity index (χ1v) is 5.55. The van der Waals surface area contributed by atoms with Gasteiger partial charge in [0.1, 0.15) is 11.3 Å². The second-order valence-electron chi connectivity index (χ2n) is 2.90. The van der Waals surface area contributed by atoms with Crippen molar-refractivity contribution in [1.82, 2.24) is 4.98 Å². The van der Waals surface area contributed by atoms with E-state index in [0.29, 0.717) is 15.9 Å². The van der Waals surface area contributed by atoms with Gasteiger partial charge in [0, 0.05) is 22.5 Å². The third kappa shape index (κ3) is 1.47. The number of halogens is 2. The highest BCUT2D eigenvalue weighted by Crippen LogP contribution is 2.33. The molecule has 1 aromatic carbocycles. The van der Waals surface area contributed by atoms with Crippen LogP contribution >= 0.6 is 27.5 Å². The number of nitrogens with zero attached hydrogens (tertiary/aromatic N) is 1. The van der Waals surface area contributed by atoms with E-state index in [4.69, 9.17) is 11.6 Å². The van der Waals surface area contributed by atoms with Crippen LogP contribution < -0.4 is 0 Å². The topological polar surface area (TPSA) is 33.1 Å². The zero-order valence-electron chi connectivity index (χ0n) is 7.17. The maximum absolute atomic E-state index is 9.82. The summed E-state index contributed by atoms with van der Waals surface area (Å²) in [6.07, 6.45) is 1.64. The third-order valence-corrected chi connectivity index (χ3v) is 2.96. The molecule has 0 aliphatic rings. The average molecular weight is 273 g/mol. The van der Waals surface area contributed by atoms with Crippen LogP contribution in [0.5, 0.6) is 5.75 Å². The van der Waals surface area contributed by atoms with E-state index in [0.717, 1.165) is 10.9 Å². The Balaban J connectivity index is 2.87. The number of benzene rings is 1. The summed E-state index contributed by atoms with van der Waals surface area (Å²) in [7, 11) is 0. The Bertz CT molecular complexity index is 487. The Kier molecular flexibility index (Phi) is 2.61. The van der Waals surface area contributed by atoms with Crippen LogP contribution in [-0.4, -0.2) is 10.1 Å². The zero-order valence-corrected chi connectivity index (χ0v) is 9.51. The van der Waals surface area contributed by atoms with E-state index in [-0.39, 0.29) is 5.75 Å². The normalized spacial score (nSPS) is 10.7. The van der Waals surface area contributed by atoms with E-state index < -0.39 is 0 Å². The predicted molar refractivity (Wildman–Crippen MR) is 61.0 cm³/mol. The first kappa shape index (κ1) is 9.74. The van der Waals surface area contributed by atoms with Crippen LogP contribution in [0.25, 0.3) is 10.9 Å². The fourth-order valence-electron chi connectivity index (χ4n) is 1.34. The Morgan fingerprint density at radius 1 is 1.50 bits per heavy atom. The molecule has 0 saturated carbocycles. The van der Waals surface area contributed by atoms with Gasteiger partial charge in [0.2, 0.25) is 0 Å². The van der Waals surface area contributed by atoms with Gasteiger partial charge < -0.3 is 5.11 Å². The highest BCUT2D eigenvalue weighted by molar-refractivity contribution is 9.08. The van der Waals surface area contributed by atoms with Crippen molar-refractivity contribution in [3.63, 3.8) is 0 Å². The number of hydrogen-bond acceptors (Lipinski definition) is 2. The van der Waals surface area contributed by atoms with Crippen molar-refractivity contribution in [1.29, 1.82) is 0 Å². The molecule has 0 bridgehead atoms. The van der Waals surface area contributed by atoms with Crippen molar-refractivity contribution in [2.24, 2.45) is 0 Å². The van der Waals surface area contributed by atoms with Crippen LogP contribution in [0.15, 0.2) is 24.4 Å². The number of aromatic hydroxyl groups is 1. The summed E-state index contributed by atoms with van der Waals surface area (Å²) in [6.45, 7) is 0. The quantitative estimate of drug-likeness (QED) is 0.806. The number of fused-ring (bicyclic) bond motifs is 1. The van der Waals surface area contributed by atoms with Gasteiger partial charge in [0.05, 0.1) is 5.02 Å². The molecule has 2 rings (SSSR count). The van der Waals surface area contributed by atoms with Gasteiger partial charge in [0.15, 0.2) is 0 Å². The van der Waals surface area contributed by atoms with Crippen molar-refractivity contribution in [3.05, 3.63) is 35.0 Å². The van der Waals surface area contributed by atoms with Gasteiger partial charge in [0.25, 0.3) is 0 Å². The maximum Gasteiger partial charge on any atom is 0.145 e. The van der Waals surface area contributed by atoms with E-state index in [1.165, 1.54) is 0 Å². The lowest BCUT2D eigenvalue weighted by molar-refractivity contribution is 0.476. The molecule has 14 heavy (non-hydrogen) atoms. The lowest BCUT2D eigenvalue weighted by Gasteiger charge is -2.06. The molecule has 0 radical (unpaired) electrons. The van der Waals surface area contributed by atoms with E-state index in [9.17, 15) is 5.11 Å². The highest BCUT2D eigenvalue weighted by atomic mass is 79.9. The Morgan fingerprint density at radius 3 is 3.00 bits per heavy atom. The maximum atomic E-state index is 9.82. The number of hydrogen-bond donors (Lipinski definition) is 1. The lowest BCUT2D eigenvalue weighted by atomic mass is 10.1. The van der Waals surface area contributed by atoms with E-state index in [1.807, 2.05) is 6.07 Å². The Labute approximate surface area is 94.7 Å². The second kappa shape index (κ2) is 3.75. The molecular formula is C10H7BrClNO. The fraction of sp³-hybridized carbons (Fsp3) is 0.100. The molecule has 1 aromatic heterocycles. The molecule has 0 aliphatic carbocycles. The molecule has 2 aromatic rings. The number of pyridine rings is 1. The summed E-state index contributed by atoms with van der Waals surface area (Å²) in [6, 6.07) is 5.37. The molecule has 0 amide bonds. The van der Waals surface area contributed by atoms with Crippen molar-refractivity contribution in [2.75, 3.05) is 0 Å². The van der Waals surface area contributed by atoms with Crippen LogP contribution in [0.1, 0.15) is 5.56 Å². The number of phenolic OH excluding ortho intramolecular Hbond substituents is 1. The first-order chi connectivity index (χ1) is 6.74. The molecule has 0 unspecified atom stereocenters. The van der Waals surface area contributed by atoms with Gasteiger partial charge in [-0.25, -0.2) is 0 Å². The molecule has 1 N–H and O–H groups in total. The Morgan fingerprint density at radius 2 is 2.29 bits per heavy atom. The first-order valence-electron chi connectivity index (χ1n) is 4.05. The number of aromatic nitrogens is 1. The summed E-state index contributed by atoms with van der Waals surface area (Å²) in [5.74, 6) is 0.196. The van der Waals surface area contributed by atoms with E-state index >= 15 is 0 Å². The molecule has 4 heteroatoms. The molecule has 0 fully saturated rings. The zero-order chi connectivity index (χ0) is 10.1. The molecular weight excluding hydrogens is 265 g/mol. The Hall–Kier alpha value is -0.800. The highest BCUT2D eigenvalue weighted by Gasteiger charge is 2.09. The third-order valence-electron chi connectivity index (χ3n) is 2.04. The minimum atomic E-state index is 0.196. The van der Waals surface area contributed by atoms with Crippen molar-refractivity contribution >= 4 is 38.4 Å². The number of rotatable bonds is 1. The lowest BCUT2D eigenvalue weighted by Crippen LogP contribution is -1.85. The summed E-state index contributed by atoms with van der Waals surface area (Å²) >= 11 is 9.32. The molecule has 0 spiro atoms. The molecule has 72 valence electrons. The summed E-state index contributed by atoms with van der Waals surface area (Å²) in [5.41, 5.74) is 1.30. The van der Waals surface area contributed by atoms with Gasteiger partial charge in [-0.05, 0) is 18.2 Å². The average Bonchev–Trinajstić information content (AvgIpc) is 2.23. The monoisotopic (exact) mass is 271 g/mol. The van der Waals surface area contributed by atoms with Gasteiger partial charge in [-0.2, -0.15) is 0 Å². The van der Waals surface area contributed by atoms with Crippen LogP contribution in [-0.2, 0) is 5.33 Å². The van der Waals surface area contributed by atoms with Crippen molar-refractivity contribution in [2.45, 2.75) is 5.33 Å². The summed E-state index contributed by atoms with van der Waals surface area (Å²) in [4.78, 5) is 4.09. The number of alkyl halides is 1. The molecule has 1 heterocycles. The minimum absolute atomic E-state index is 0.196. The fourth-order valence-corrected chi connectivity index (χ4v) is 2.05. The smallest absolute Gasteiger partial charge is 0.145 e.